The maximum absolute atomic E-state index is 13.1. The van der Waals surface area contributed by atoms with Gasteiger partial charge in [0.2, 0.25) is 0 Å². The number of carbonyl (C=O) groups is 3. The average molecular weight is 462 g/mol. The molecule has 1 aliphatic heterocycles. The van der Waals surface area contributed by atoms with E-state index in [9.17, 15) is 24.6 Å². The zero-order chi connectivity index (χ0) is 24.8. The van der Waals surface area contributed by atoms with Gasteiger partial charge in [-0.2, -0.15) is 0 Å². The smallest absolute Gasteiger partial charge is 0.412 e. The number of ketones is 1. The van der Waals surface area contributed by atoms with E-state index >= 15 is 0 Å². The lowest BCUT2D eigenvalue weighted by Crippen LogP contribution is -2.32. The topological polar surface area (TPSA) is 131 Å². The number of aliphatic hydroxyl groups is 2. The van der Waals surface area contributed by atoms with Crippen LogP contribution >= 0.6 is 0 Å². The molecule has 9 nitrogen and oxygen atoms in total. The van der Waals surface area contributed by atoms with Gasteiger partial charge >= 0.3 is 12.1 Å². The first kappa shape index (κ1) is 26.1. The van der Waals surface area contributed by atoms with Crippen LogP contribution in [0.15, 0.2) is 30.4 Å². The van der Waals surface area contributed by atoms with Crippen molar-refractivity contribution in [2.45, 2.75) is 64.4 Å². The summed E-state index contributed by atoms with van der Waals surface area (Å²) in [5.74, 6) is -0.990. The van der Waals surface area contributed by atoms with Crippen molar-refractivity contribution >= 4 is 29.6 Å². The first-order valence-corrected chi connectivity index (χ1v) is 10.6. The molecule has 3 N–H and O–H groups in total. The van der Waals surface area contributed by atoms with Gasteiger partial charge in [0.25, 0.3) is 0 Å². The van der Waals surface area contributed by atoms with Crippen molar-refractivity contribution in [2.75, 3.05) is 12.4 Å². The number of benzene rings is 1. The van der Waals surface area contributed by atoms with Crippen LogP contribution in [0.3, 0.4) is 0 Å². The van der Waals surface area contributed by atoms with E-state index in [2.05, 4.69) is 5.32 Å². The third-order valence-electron chi connectivity index (χ3n) is 4.61. The van der Waals surface area contributed by atoms with Crippen LogP contribution in [0.1, 0.15) is 56.5 Å². The molecule has 9 heteroatoms. The zero-order valence-electron chi connectivity index (χ0n) is 19.5. The number of esters is 1. The molecule has 0 saturated heterocycles. The molecule has 1 heterocycles. The van der Waals surface area contributed by atoms with Crippen LogP contribution in [0.5, 0.6) is 5.75 Å². The Kier molecular flexibility index (Phi) is 8.78. The van der Waals surface area contributed by atoms with Crippen molar-refractivity contribution in [3.05, 3.63) is 41.5 Å². The number of methoxy groups -OCH3 is 1. The number of aliphatic hydroxyl groups excluding tert-OH is 2. The second kappa shape index (κ2) is 11.1. The second-order valence-corrected chi connectivity index (χ2v) is 8.67. The lowest BCUT2D eigenvalue weighted by Gasteiger charge is -2.22. The minimum absolute atomic E-state index is 0.0579. The normalized spacial score (nSPS) is 24.0. The molecule has 1 aliphatic rings. The number of amides is 1. The van der Waals surface area contributed by atoms with Gasteiger partial charge < -0.3 is 24.4 Å². The van der Waals surface area contributed by atoms with E-state index in [1.54, 1.807) is 33.8 Å². The lowest BCUT2D eigenvalue weighted by molar-refractivity contribution is -0.127. The molecule has 0 saturated carbocycles. The first-order chi connectivity index (χ1) is 15.4. The molecule has 180 valence electrons. The summed E-state index contributed by atoms with van der Waals surface area (Å²) in [4.78, 5) is 37.5. The van der Waals surface area contributed by atoms with Crippen molar-refractivity contribution in [1.82, 2.24) is 0 Å². The minimum atomic E-state index is -1.58. The summed E-state index contributed by atoms with van der Waals surface area (Å²) in [6.07, 6.45) is 1.50. The quantitative estimate of drug-likeness (QED) is 0.572. The van der Waals surface area contributed by atoms with E-state index in [1.807, 2.05) is 0 Å². The summed E-state index contributed by atoms with van der Waals surface area (Å²) < 4.78 is 16.1. The number of hydrogen-bond acceptors (Lipinski definition) is 8. The van der Waals surface area contributed by atoms with Crippen LogP contribution in [-0.4, -0.2) is 59.1 Å². The highest BCUT2D eigenvalue weighted by atomic mass is 16.6. The Morgan fingerprint density at radius 3 is 2.42 bits per heavy atom. The Morgan fingerprint density at radius 1 is 1.12 bits per heavy atom. The predicted octanol–water partition coefficient (Wildman–Crippen LogP) is 3.24. The van der Waals surface area contributed by atoms with E-state index in [1.165, 1.54) is 31.4 Å². The molecule has 0 fully saturated rings. The Morgan fingerprint density at radius 2 is 1.79 bits per heavy atom. The summed E-state index contributed by atoms with van der Waals surface area (Å²) >= 11 is 0. The standard InChI is InChI=1S/C24H31NO8/c1-14-8-6-10-18(26)21(28)19(27)11-7-9-15-12-16(31-5)13-17(20(15)22(29)32-14)25-23(30)33-24(2,3)4/h6-7,9-10,12-14,19,21,27-28H,8,11H2,1-5H3,(H,25,30)/b9-7+,10-6-. The van der Waals surface area contributed by atoms with E-state index < -0.39 is 41.8 Å². The highest BCUT2D eigenvalue weighted by Crippen LogP contribution is 2.30. The summed E-state index contributed by atoms with van der Waals surface area (Å²) in [6.45, 7) is 6.78. The molecule has 1 amide bonds. The molecule has 1 aromatic carbocycles. The molecule has 0 aromatic heterocycles. The average Bonchev–Trinajstić information content (AvgIpc) is 2.70. The predicted molar refractivity (Wildman–Crippen MR) is 122 cm³/mol. The highest BCUT2D eigenvalue weighted by molar-refractivity contribution is 6.03. The number of rotatable bonds is 2. The largest absolute Gasteiger partial charge is 0.497 e. The summed E-state index contributed by atoms with van der Waals surface area (Å²) in [6, 6.07) is 3.04. The SMILES string of the molecule is COc1cc2c(c(NC(=O)OC(C)(C)C)c1)C(=O)OC(C)C/C=C\C(=O)C(O)C(O)C/C=C/2. The van der Waals surface area contributed by atoms with Crippen LogP contribution in [-0.2, 0) is 14.3 Å². The van der Waals surface area contributed by atoms with E-state index in [0.717, 1.165) is 6.08 Å². The summed E-state index contributed by atoms with van der Waals surface area (Å²) in [5, 5.41) is 22.8. The van der Waals surface area contributed by atoms with Crippen LogP contribution < -0.4 is 10.1 Å². The van der Waals surface area contributed by atoms with Gasteiger partial charge in [-0.15, -0.1) is 0 Å². The molecule has 3 atom stereocenters. The number of nitrogens with one attached hydrogen (secondary N) is 1. The van der Waals surface area contributed by atoms with Crippen molar-refractivity contribution in [2.24, 2.45) is 0 Å². The van der Waals surface area contributed by atoms with Gasteiger partial charge in [-0.05, 0) is 51.8 Å². The molecular weight excluding hydrogens is 430 g/mol. The number of cyclic esters (lactones) is 1. The molecule has 2 rings (SSSR count). The molecular formula is C24H31NO8. The number of fused-ring (bicyclic) bond motifs is 1. The van der Waals surface area contributed by atoms with Crippen LogP contribution in [0.2, 0.25) is 0 Å². The lowest BCUT2D eigenvalue weighted by atomic mass is 10.0. The first-order valence-electron chi connectivity index (χ1n) is 10.6. The molecule has 0 radical (unpaired) electrons. The Hall–Kier alpha value is -3.17. The fraction of sp³-hybridized carbons (Fsp3) is 0.458. The van der Waals surface area contributed by atoms with Crippen molar-refractivity contribution < 1.29 is 38.8 Å². The zero-order valence-corrected chi connectivity index (χ0v) is 19.5. The fourth-order valence-electron chi connectivity index (χ4n) is 3.04. The third kappa shape index (κ3) is 7.73. The van der Waals surface area contributed by atoms with Crippen LogP contribution in [0, 0.1) is 0 Å². The number of carbonyl (C=O) groups excluding carboxylic acids is 3. The monoisotopic (exact) mass is 461 g/mol. The van der Waals surface area contributed by atoms with E-state index in [-0.39, 0.29) is 24.1 Å². The minimum Gasteiger partial charge on any atom is -0.497 e. The Labute approximate surface area is 193 Å². The Bertz CT molecular complexity index is 945. The fourth-order valence-corrected chi connectivity index (χ4v) is 3.04. The maximum Gasteiger partial charge on any atom is 0.412 e. The van der Waals surface area contributed by atoms with Gasteiger partial charge in [0, 0.05) is 12.5 Å². The van der Waals surface area contributed by atoms with Gasteiger partial charge in [0.05, 0.1) is 24.5 Å². The number of ether oxygens (including phenoxy) is 3. The van der Waals surface area contributed by atoms with Gasteiger partial charge in [-0.1, -0.05) is 18.2 Å². The van der Waals surface area contributed by atoms with Crippen molar-refractivity contribution in [3.63, 3.8) is 0 Å². The molecule has 0 aliphatic carbocycles. The van der Waals surface area contributed by atoms with Crippen molar-refractivity contribution in [1.29, 1.82) is 0 Å². The van der Waals surface area contributed by atoms with E-state index in [4.69, 9.17) is 14.2 Å². The van der Waals surface area contributed by atoms with Crippen molar-refractivity contribution in [3.8, 4) is 5.75 Å². The third-order valence-corrected chi connectivity index (χ3v) is 4.61. The number of hydrogen-bond donors (Lipinski definition) is 3. The number of anilines is 1. The summed E-state index contributed by atoms with van der Waals surface area (Å²) in [7, 11) is 1.43. The second-order valence-electron chi connectivity index (χ2n) is 8.67. The maximum atomic E-state index is 13.1. The molecule has 0 bridgehead atoms. The van der Waals surface area contributed by atoms with Gasteiger partial charge in [0.15, 0.2) is 5.78 Å². The van der Waals surface area contributed by atoms with Crippen LogP contribution in [0.4, 0.5) is 10.5 Å². The molecule has 1 aromatic rings. The summed E-state index contributed by atoms with van der Waals surface area (Å²) in [5.41, 5.74) is -0.218. The van der Waals surface area contributed by atoms with Gasteiger partial charge in [-0.3, -0.25) is 10.1 Å². The Balaban J connectivity index is 2.54. The van der Waals surface area contributed by atoms with Gasteiger partial charge in [0.1, 0.15) is 23.6 Å². The van der Waals surface area contributed by atoms with E-state index in [0.29, 0.717) is 11.3 Å². The highest BCUT2D eigenvalue weighted by Gasteiger charge is 2.25. The molecule has 33 heavy (non-hydrogen) atoms. The molecule has 0 spiro atoms. The van der Waals surface area contributed by atoms with Crippen LogP contribution in [0.25, 0.3) is 6.08 Å². The van der Waals surface area contributed by atoms with Gasteiger partial charge in [-0.25, -0.2) is 9.59 Å². The molecule has 3 unspecified atom stereocenters.